The number of methoxy groups -OCH3 is 2. The van der Waals surface area contributed by atoms with E-state index in [1.165, 1.54) is 26.5 Å². The molecule has 2 rings (SSSR count). The Morgan fingerprint density at radius 2 is 1.82 bits per heavy atom. The van der Waals surface area contributed by atoms with Crippen LogP contribution >= 0.6 is 0 Å². The van der Waals surface area contributed by atoms with Gasteiger partial charge < -0.3 is 14.2 Å². The van der Waals surface area contributed by atoms with Gasteiger partial charge in [0.2, 0.25) is 0 Å². The highest BCUT2D eigenvalue weighted by molar-refractivity contribution is 7.92. The van der Waals surface area contributed by atoms with Crippen molar-refractivity contribution in [2.45, 2.75) is 31.6 Å². The second-order valence-corrected chi connectivity index (χ2v) is 7.59. The maximum Gasteiger partial charge on any atom is 0.306 e. The number of carbonyl (C=O) groups excluding carboxylic acids is 1. The molecule has 0 atom stereocenters. The van der Waals surface area contributed by atoms with Gasteiger partial charge in [-0.15, -0.1) is 0 Å². The summed E-state index contributed by atoms with van der Waals surface area (Å²) in [5, 5.41) is 0. The highest BCUT2D eigenvalue weighted by Crippen LogP contribution is 2.34. The summed E-state index contributed by atoms with van der Waals surface area (Å²) in [6, 6.07) is 6.31. The van der Waals surface area contributed by atoms with Gasteiger partial charge in [0.1, 0.15) is 5.82 Å². The van der Waals surface area contributed by atoms with Crippen molar-refractivity contribution in [2.75, 3.05) is 25.5 Å². The molecular formula is C19H24N2O6S. The van der Waals surface area contributed by atoms with Gasteiger partial charge in [0.25, 0.3) is 10.0 Å². The SMILES string of the molecule is CCOC(=O)CCc1cc(OC)c(OC)cc1S(=O)(=O)Nc1cc(C)ccn1. The lowest BCUT2D eigenvalue weighted by atomic mass is 10.1. The van der Waals surface area contributed by atoms with E-state index in [1.54, 1.807) is 25.1 Å². The van der Waals surface area contributed by atoms with E-state index in [0.717, 1.165) is 5.56 Å². The van der Waals surface area contributed by atoms with Crippen LogP contribution in [0.2, 0.25) is 0 Å². The molecule has 0 aliphatic rings. The van der Waals surface area contributed by atoms with E-state index in [0.29, 0.717) is 11.3 Å². The van der Waals surface area contributed by atoms with Crippen molar-refractivity contribution in [3.05, 3.63) is 41.6 Å². The van der Waals surface area contributed by atoms with Crippen LogP contribution in [0, 0.1) is 6.92 Å². The summed E-state index contributed by atoms with van der Waals surface area (Å²) in [5.41, 5.74) is 1.27. The summed E-state index contributed by atoms with van der Waals surface area (Å²) in [7, 11) is -1.11. The number of anilines is 1. The van der Waals surface area contributed by atoms with Gasteiger partial charge in [-0.2, -0.15) is 0 Å². The molecule has 0 amide bonds. The number of carbonyl (C=O) groups is 1. The van der Waals surface area contributed by atoms with Crippen molar-refractivity contribution in [2.24, 2.45) is 0 Å². The molecule has 0 aliphatic heterocycles. The van der Waals surface area contributed by atoms with Gasteiger partial charge >= 0.3 is 5.97 Å². The number of pyridine rings is 1. The molecule has 0 saturated carbocycles. The normalized spacial score (nSPS) is 11.0. The molecule has 0 aliphatic carbocycles. The lowest BCUT2D eigenvalue weighted by Crippen LogP contribution is -2.17. The smallest absolute Gasteiger partial charge is 0.306 e. The summed E-state index contributed by atoms with van der Waals surface area (Å²) in [4.78, 5) is 15.7. The van der Waals surface area contributed by atoms with Gasteiger partial charge in [-0.3, -0.25) is 9.52 Å². The quantitative estimate of drug-likeness (QED) is 0.636. The number of aryl methyl sites for hydroxylation is 2. The molecule has 0 spiro atoms. The predicted molar refractivity (Wildman–Crippen MR) is 104 cm³/mol. The molecule has 152 valence electrons. The van der Waals surface area contributed by atoms with Crippen molar-refractivity contribution >= 4 is 21.8 Å². The van der Waals surface area contributed by atoms with E-state index < -0.39 is 16.0 Å². The number of nitrogens with one attached hydrogen (secondary N) is 1. The van der Waals surface area contributed by atoms with Crippen LogP contribution in [0.1, 0.15) is 24.5 Å². The maximum absolute atomic E-state index is 13.0. The number of aromatic nitrogens is 1. The molecule has 1 aromatic carbocycles. The number of nitrogens with zero attached hydrogens (tertiary/aromatic N) is 1. The number of hydrogen-bond acceptors (Lipinski definition) is 7. The van der Waals surface area contributed by atoms with Crippen LogP contribution in [0.3, 0.4) is 0 Å². The Hall–Kier alpha value is -2.81. The Morgan fingerprint density at radius 3 is 2.43 bits per heavy atom. The van der Waals surface area contributed by atoms with Crippen LogP contribution in [0.5, 0.6) is 11.5 Å². The Balaban J connectivity index is 2.44. The monoisotopic (exact) mass is 408 g/mol. The lowest BCUT2D eigenvalue weighted by molar-refractivity contribution is -0.143. The fourth-order valence-corrected chi connectivity index (χ4v) is 3.87. The third-order valence-corrected chi connectivity index (χ3v) is 5.35. The lowest BCUT2D eigenvalue weighted by Gasteiger charge is -2.16. The average molecular weight is 408 g/mol. The Morgan fingerprint density at radius 1 is 1.14 bits per heavy atom. The van der Waals surface area contributed by atoms with Gasteiger partial charge in [0.05, 0.1) is 25.7 Å². The van der Waals surface area contributed by atoms with Crippen LogP contribution in [-0.2, 0) is 26.0 Å². The molecule has 9 heteroatoms. The molecule has 1 N–H and O–H groups in total. The van der Waals surface area contributed by atoms with Gasteiger partial charge in [-0.25, -0.2) is 13.4 Å². The summed E-state index contributed by atoms with van der Waals surface area (Å²) >= 11 is 0. The zero-order valence-electron chi connectivity index (χ0n) is 16.3. The largest absolute Gasteiger partial charge is 0.493 e. The molecule has 8 nitrogen and oxygen atoms in total. The first-order valence-corrected chi connectivity index (χ1v) is 10.1. The fraction of sp³-hybridized carbons (Fsp3) is 0.368. The Labute approximate surface area is 164 Å². The van der Waals surface area contributed by atoms with Crippen LogP contribution in [-0.4, -0.2) is 40.2 Å². The third-order valence-electron chi connectivity index (χ3n) is 3.91. The van der Waals surface area contributed by atoms with Crippen molar-refractivity contribution in [1.29, 1.82) is 0 Å². The van der Waals surface area contributed by atoms with Gasteiger partial charge in [0.15, 0.2) is 11.5 Å². The van der Waals surface area contributed by atoms with Crippen LogP contribution < -0.4 is 14.2 Å². The van der Waals surface area contributed by atoms with Crippen LogP contribution in [0.25, 0.3) is 0 Å². The Kier molecular flexibility index (Phi) is 7.22. The molecule has 0 fully saturated rings. The van der Waals surface area contributed by atoms with Gasteiger partial charge in [0, 0.05) is 18.7 Å². The number of hydrogen-bond donors (Lipinski definition) is 1. The molecule has 0 bridgehead atoms. The number of sulfonamides is 1. The number of esters is 1. The van der Waals surface area contributed by atoms with E-state index in [4.69, 9.17) is 14.2 Å². The Bertz CT molecular complexity index is 943. The molecule has 2 aromatic rings. The van der Waals surface area contributed by atoms with E-state index in [1.807, 2.05) is 6.92 Å². The number of benzene rings is 1. The number of rotatable bonds is 9. The highest BCUT2D eigenvalue weighted by Gasteiger charge is 2.23. The second-order valence-electron chi connectivity index (χ2n) is 5.94. The van der Waals surface area contributed by atoms with E-state index in [9.17, 15) is 13.2 Å². The first-order chi connectivity index (χ1) is 13.3. The first kappa shape index (κ1) is 21.5. The van der Waals surface area contributed by atoms with Crippen molar-refractivity contribution in [1.82, 2.24) is 4.98 Å². The predicted octanol–water partition coefficient (Wildman–Crippen LogP) is 2.70. The second kappa shape index (κ2) is 9.41. The minimum Gasteiger partial charge on any atom is -0.493 e. The third kappa shape index (κ3) is 5.35. The topological polar surface area (TPSA) is 104 Å². The molecule has 0 unspecified atom stereocenters. The molecule has 0 saturated heterocycles. The van der Waals surface area contributed by atoms with Crippen molar-refractivity contribution in [3.63, 3.8) is 0 Å². The summed E-state index contributed by atoms with van der Waals surface area (Å²) < 4.78 is 43.9. The van der Waals surface area contributed by atoms with Crippen molar-refractivity contribution < 1.29 is 27.4 Å². The first-order valence-electron chi connectivity index (χ1n) is 8.66. The van der Waals surface area contributed by atoms with E-state index in [2.05, 4.69) is 9.71 Å². The van der Waals surface area contributed by atoms with Crippen LogP contribution in [0.4, 0.5) is 5.82 Å². The number of ether oxygens (including phenoxy) is 3. The fourth-order valence-electron chi connectivity index (χ4n) is 2.60. The molecule has 0 radical (unpaired) electrons. The zero-order chi connectivity index (χ0) is 20.7. The van der Waals surface area contributed by atoms with Gasteiger partial charge in [-0.05, 0) is 49.6 Å². The molecule has 28 heavy (non-hydrogen) atoms. The molecule has 1 aromatic heterocycles. The summed E-state index contributed by atoms with van der Waals surface area (Å²) in [6.45, 7) is 3.81. The molecular weight excluding hydrogens is 384 g/mol. The van der Waals surface area contributed by atoms with Gasteiger partial charge in [-0.1, -0.05) is 0 Å². The minimum atomic E-state index is -3.98. The standard InChI is InChI=1S/C19H24N2O6S/c1-5-27-19(22)7-6-14-11-15(25-3)16(26-4)12-17(14)28(23,24)21-18-10-13(2)8-9-20-18/h8-12H,5-7H2,1-4H3,(H,20,21). The average Bonchev–Trinajstić information content (AvgIpc) is 2.65. The minimum absolute atomic E-state index is 0.0160. The zero-order valence-corrected chi connectivity index (χ0v) is 17.1. The van der Waals surface area contributed by atoms with Crippen molar-refractivity contribution in [3.8, 4) is 11.5 Å². The maximum atomic E-state index is 13.0. The van der Waals surface area contributed by atoms with E-state index in [-0.39, 0.29) is 35.9 Å². The highest BCUT2D eigenvalue weighted by atomic mass is 32.2. The van der Waals surface area contributed by atoms with E-state index >= 15 is 0 Å². The summed E-state index contributed by atoms with van der Waals surface area (Å²) in [6.07, 6.45) is 1.72. The summed E-state index contributed by atoms with van der Waals surface area (Å²) in [5.74, 6) is 0.425. The van der Waals surface area contributed by atoms with Crippen LogP contribution in [0.15, 0.2) is 35.4 Å². The molecule has 1 heterocycles.